The van der Waals surface area contributed by atoms with E-state index < -0.39 is 0 Å². The monoisotopic (exact) mass is 408 g/mol. The van der Waals surface area contributed by atoms with E-state index in [4.69, 9.17) is 13.9 Å². The minimum absolute atomic E-state index is 0.0951. The van der Waals surface area contributed by atoms with Gasteiger partial charge in [-0.1, -0.05) is 11.6 Å². The molecule has 1 fully saturated rings. The highest BCUT2D eigenvalue weighted by molar-refractivity contribution is 5.97. The van der Waals surface area contributed by atoms with E-state index in [-0.39, 0.29) is 11.8 Å². The SMILES string of the molecule is COc1ccc(C(=O)N2CCN(C(=O)c3cc4cc(C)ccc4o3)CC2)cc1OC. The maximum Gasteiger partial charge on any atom is 0.289 e. The van der Waals surface area contributed by atoms with Crippen molar-refractivity contribution >= 4 is 22.8 Å². The first kappa shape index (κ1) is 19.8. The van der Waals surface area contributed by atoms with Gasteiger partial charge in [-0.2, -0.15) is 0 Å². The van der Waals surface area contributed by atoms with Gasteiger partial charge >= 0.3 is 0 Å². The van der Waals surface area contributed by atoms with Crippen molar-refractivity contribution in [2.24, 2.45) is 0 Å². The molecule has 1 saturated heterocycles. The van der Waals surface area contributed by atoms with Crippen LogP contribution in [0.3, 0.4) is 0 Å². The van der Waals surface area contributed by atoms with E-state index >= 15 is 0 Å². The van der Waals surface area contributed by atoms with E-state index in [0.717, 1.165) is 10.9 Å². The lowest BCUT2D eigenvalue weighted by atomic mass is 10.1. The topological polar surface area (TPSA) is 72.2 Å². The van der Waals surface area contributed by atoms with Crippen LogP contribution < -0.4 is 9.47 Å². The highest BCUT2D eigenvalue weighted by atomic mass is 16.5. The van der Waals surface area contributed by atoms with Crippen molar-refractivity contribution in [3.63, 3.8) is 0 Å². The third kappa shape index (κ3) is 3.70. The number of nitrogens with zero attached hydrogens (tertiary/aromatic N) is 2. The maximum atomic E-state index is 12.9. The van der Waals surface area contributed by atoms with Crippen LogP contribution in [-0.4, -0.2) is 62.0 Å². The summed E-state index contributed by atoms with van der Waals surface area (Å²) in [5.74, 6) is 1.17. The number of carbonyl (C=O) groups is 2. The summed E-state index contributed by atoms with van der Waals surface area (Å²) in [4.78, 5) is 29.2. The van der Waals surface area contributed by atoms with Crippen LogP contribution in [-0.2, 0) is 0 Å². The summed E-state index contributed by atoms with van der Waals surface area (Å²) in [5, 5.41) is 0.917. The largest absolute Gasteiger partial charge is 0.493 e. The first-order chi connectivity index (χ1) is 14.5. The molecule has 0 atom stereocenters. The third-order valence-electron chi connectivity index (χ3n) is 5.37. The molecule has 0 radical (unpaired) electrons. The summed E-state index contributed by atoms with van der Waals surface area (Å²) in [5.41, 5.74) is 2.34. The van der Waals surface area contributed by atoms with Gasteiger partial charge in [-0.15, -0.1) is 0 Å². The average Bonchev–Trinajstić information content (AvgIpc) is 3.20. The van der Waals surface area contributed by atoms with Crippen molar-refractivity contribution in [2.75, 3.05) is 40.4 Å². The highest BCUT2D eigenvalue weighted by Gasteiger charge is 2.27. The second-order valence-corrected chi connectivity index (χ2v) is 7.31. The zero-order chi connectivity index (χ0) is 21.3. The first-order valence-corrected chi connectivity index (χ1v) is 9.81. The Labute approximate surface area is 174 Å². The average molecular weight is 408 g/mol. The van der Waals surface area contributed by atoms with Crippen LogP contribution in [0, 0.1) is 6.92 Å². The number of aryl methyl sites for hydroxylation is 1. The van der Waals surface area contributed by atoms with Crippen molar-refractivity contribution in [1.82, 2.24) is 9.80 Å². The Morgan fingerprint density at radius 2 is 1.50 bits per heavy atom. The van der Waals surface area contributed by atoms with Crippen LogP contribution in [0.4, 0.5) is 0 Å². The van der Waals surface area contributed by atoms with Crippen LogP contribution in [0.2, 0.25) is 0 Å². The number of furan rings is 1. The van der Waals surface area contributed by atoms with Gasteiger partial charge in [-0.3, -0.25) is 9.59 Å². The van der Waals surface area contributed by atoms with Gasteiger partial charge in [0.15, 0.2) is 17.3 Å². The van der Waals surface area contributed by atoms with Crippen LogP contribution >= 0.6 is 0 Å². The summed E-state index contributed by atoms with van der Waals surface area (Å²) in [7, 11) is 3.09. The molecule has 0 N–H and O–H groups in total. The lowest BCUT2D eigenvalue weighted by Crippen LogP contribution is -2.50. The number of ether oxygens (including phenoxy) is 2. The lowest BCUT2D eigenvalue weighted by molar-refractivity contribution is 0.0519. The van der Waals surface area contributed by atoms with E-state index in [1.54, 1.807) is 41.2 Å². The number of rotatable bonds is 4. The van der Waals surface area contributed by atoms with Crippen LogP contribution in [0.5, 0.6) is 11.5 Å². The van der Waals surface area contributed by atoms with Gasteiger partial charge in [0.1, 0.15) is 5.58 Å². The Morgan fingerprint density at radius 1 is 0.833 bits per heavy atom. The van der Waals surface area contributed by atoms with Crippen molar-refractivity contribution < 1.29 is 23.5 Å². The number of fused-ring (bicyclic) bond motifs is 1. The Balaban J connectivity index is 1.42. The fourth-order valence-electron chi connectivity index (χ4n) is 3.69. The van der Waals surface area contributed by atoms with Crippen molar-refractivity contribution in [2.45, 2.75) is 6.92 Å². The quantitative estimate of drug-likeness (QED) is 0.662. The molecule has 7 nitrogen and oxygen atoms in total. The molecule has 1 aromatic heterocycles. The molecule has 1 aliphatic rings. The van der Waals surface area contributed by atoms with Gasteiger partial charge in [0.05, 0.1) is 14.2 Å². The molecule has 30 heavy (non-hydrogen) atoms. The summed E-state index contributed by atoms with van der Waals surface area (Å²) in [6.45, 7) is 3.82. The zero-order valence-electron chi connectivity index (χ0n) is 17.3. The van der Waals surface area contributed by atoms with Gasteiger partial charge in [-0.05, 0) is 43.3 Å². The summed E-state index contributed by atoms with van der Waals surface area (Å²) in [6, 6.07) is 12.7. The van der Waals surface area contributed by atoms with Gasteiger partial charge in [0.25, 0.3) is 11.8 Å². The molecule has 4 rings (SSSR count). The first-order valence-electron chi connectivity index (χ1n) is 9.81. The van der Waals surface area contributed by atoms with Crippen molar-refractivity contribution in [1.29, 1.82) is 0 Å². The minimum Gasteiger partial charge on any atom is -0.493 e. The number of amides is 2. The predicted octanol–water partition coefficient (Wildman–Crippen LogP) is 3.36. The number of piperazine rings is 1. The molecule has 0 saturated carbocycles. The van der Waals surface area contributed by atoms with Gasteiger partial charge in [-0.25, -0.2) is 0 Å². The van der Waals surface area contributed by atoms with E-state index in [0.29, 0.717) is 54.6 Å². The summed E-state index contributed by atoms with van der Waals surface area (Å²) < 4.78 is 16.2. The second kappa shape index (κ2) is 8.10. The van der Waals surface area contributed by atoms with E-state index in [9.17, 15) is 9.59 Å². The Morgan fingerprint density at radius 3 is 2.17 bits per heavy atom. The van der Waals surface area contributed by atoms with Crippen LogP contribution in [0.25, 0.3) is 11.0 Å². The molecular weight excluding hydrogens is 384 g/mol. The van der Waals surface area contributed by atoms with E-state index in [1.165, 1.54) is 7.11 Å². The molecule has 0 aliphatic carbocycles. The van der Waals surface area contributed by atoms with Gasteiger partial charge in [0.2, 0.25) is 0 Å². The fraction of sp³-hybridized carbons (Fsp3) is 0.304. The summed E-state index contributed by atoms with van der Waals surface area (Å²) >= 11 is 0. The van der Waals surface area contributed by atoms with Crippen molar-refractivity contribution in [3.8, 4) is 11.5 Å². The van der Waals surface area contributed by atoms with Gasteiger partial charge in [0, 0.05) is 37.1 Å². The highest BCUT2D eigenvalue weighted by Crippen LogP contribution is 2.28. The molecule has 156 valence electrons. The standard InChI is InChI=1S/C23H24N2O5/c1-15-4-6-18-17(12-15)14-21(30-18)23(27)25-10-8-24(9-11-25)22(26)16-5-7-19(28-2)20(13-16)29-3/h4-7,12-14H,8-11H2,1-3H3. The Bertz CT molecular complexity index is 1100. The number of carbonyl (C=O) groups excluding carboxylic acids is 2. The Kier molecular flexibility index (Phi) is 5.35. The molecule has 1 aliphatic heterocycles. The molecule has 2 amide bonds. The number of methoxy groups -OCH3 is 2. The van der Waals surface area contributed by atoms with E-state index in [2.05, 4.69) is 0 Å². The molecule has 2 heterocycles. The Hall–Kier alpha value is -3.48. The van der Waals surface area contributed by atoms with Crippen molar-refractivity contribution in [3.05, 3.63) is 59.4 Å². The molecule has 7 heteroatoms. The molecule has 3 aromatic rings. The predicted molar refractivity (Wildman–Crippen MR) is 112 cm³/mol. The smallest absolute Gasteiger partial charge is 0.289 e. The molecule has 0 bridgehead atoms. The van der Waals surface area contributed by atoms with Crippen LogP contribution in [0.1, 0.15) is 26.5 Å². The second-order valence-electron chi connectivity index (χ2n) is 7.31. The number of benzene rings is 2. The minimum atomic E-state index is -0.151. The number of hydrogen-bond acceptors (Lipinski definition) is 5. The molecular formula is C23H24N2O5. The summed E-state index contributed by atoms with van der Waals surface area (Å²) in [6.07, 6.45) is 0. The zero-order valence-corrected chi connectivity index (χ0v) is 17.3. The van der Waals surface area contributed by atoms with Crippen LogP contribution in [0.15, 0.2) is 46.9 Å². The molecule has 0 spiro atoms. The normalized spacial score (nSPS) is 14.1. The maximum absolute atomic E-state index is 12.9. The van der Waals surface area contributed by atoms with Gasteiger partial charge < -0.3 is 23.7 Å². The lowest BCUT2D eigenvalue weighted by Gasteiger charge is -2.34. The number of hydrogen-bond donors (Lipinski definition) is 0. The molecule has 2 aromatic carbocycles. The molecule has 0 unspecified atom stereocenters. The third-order valence-corrected chi connectivity index (χ3v) is 5.37. The fourth-order valence-corrected chi connectivity index (χ4v) is 3.69. The van der Waals surface area contributed by atoms with E-state index in [1.807, 2.05) is 25.1 Å².